The van der Waals surface area contributed by atoms with Crippen LogP contribution in [-0.2, 0) is 14.3 Å². The first-order valence-electron chi connectivity index (χ1n) is 10.1. The van der Waals surface area contributed by atoms with Gasteiger partial charge < -0.3 is 14.8 Å². The third-order valence-corrected chi connectivity index (χ3v) is 6.88. The largest absolute Gasteiger partial charge is 0.465 e. The number of ether oxygens (including phenoxy) is 2. The van der Waals surface area contributed by atoms with Gasteiger partial charge in [0.05, 0.1) is 23.2 Å². The number of nitrogens with zero attached hydrogens (tertiary/aromatic N) is 3. The van der Waals surface area contributed by atoms with Crippen LogP contribution in [0.2, 0.25) is 0 Å². The van der Waals surface area contributed by atoms with E-state index < -0.39 is 24.5 Å². The van der Waals surface area contributed by atoms with E-state index in [1.165, 1.54) is 29.8 Å². The molecule has 11 heteroatoms. The van der Waals surface area contributed by atoms with Crippen LogP contribution < -0.4 is 5.32 Å². The Labute approximate surface area is 203 Å². The second-order valence-electron chi connectivity index (χ2n) is 7.09. The number of esters is 2. The average molecular weight is 497 g/mol. The Balaban J connectivity index is 1.49. The fourth-order valence-corrected chi connectivity index (χ4v) is 4.90. The predicted molar refractivity (Wildman–Crippen MR) is 129 cm³/mol. The number of methoxy groups -OCH3 is 1. The second-order valence-corrected chi connectivity index (χ2v) is 9.26. The molecule has 0 fully saturated rings. The van der Waals surface area contributed by atoms with E-state index in [-0.39, 0.29) is 11.4 Å². The maximum Gasteiger partial charge on any atom is 0.378 e. The maximum atomic E-state index is 12.6. The van der Waals surface area contributed by atoms with Gasteiger partial charge in [-0.1, -0.05) is 24.3 Å². The molecule has 0 saturated carbocycles. The number of aromatic nitrogens is 3. The van der Waals surface area contributed by atoms with Gasteiger partial charge in [-0.05, 0) is 43.0 Å². The van der Waals surface area contributed by atoms with E-state index in [1.54, 1.807) is 11.6 Å². The molecule has 1 aromatic carbocycles. The number of nitrogens with one attached hydrogen (secondary N) is 1. The van der Waals surface area contributed by atoms with Gasteiger partial charge in [0.25, 0.3) is 11.7 Å². The Bertz CT molecular complexity index is 1340. The van der Waals surface area contributed by atoms with E-state index in [4.69, 9.17) is 9.47 Å². The summed E-state index contributed by atoms with van der Waals surface area (Å²) < 4.78 is 11.5. The maximum absolute atomic E-state index is 12.6. The van der Waals surface area contributed by atoms with E-state index in [0.29, 0.717) is 10.8 Å². The molecule has 4 rings (SSSR count). The zero-order valence-corrected chi connectivity index (χ0v) is 20.2. The van der Waals surface area contributed by atoms with Crippen LogP contribution in [0.15, 0.2) is 47.8 Å². The molecule has 0 saturated heterocycles. The van der Waals surface area contributed by atoms with Crippen LogP contribution in [0.5, 0.6) is 0 Å². The fourth-order valence-electron chi connectivity index (χ4n) is 3.13. The molecule has 0 atom stereocenters. The number of amides is 1. The lowest BCUT2D eigenvalue weighted by molar-refractivity contribution is -0.119. The Morgan fingerprint density at radius 1 is 1.06 bits per heavy atom. The highest BCUT2D eigenvalue weighted by Gasteiger charge is 2.24. The van der Waals surface area contributed by atoms with Gasteiger partial charge in [-0.2, -0.15) is 4.98 Å². The number of rotatable bonds is 7. The molecule has 0 bridgehead atoms. The first-order valence-corrected chi connectivity index (χ1v) is 11.8. The van der Waals surface area contributed by atoms with E-state index >= 15 is 0 Å². The molecule has 0 aliphatic carbocycles. The molecule has 4 aromatic rings. The van der Waals surface area contributed by atoms with Crippen molar-refractivity contribution in [2.24, 2.45) is 0 Å². The van der Waals surface area contributed by atoms with Crippen LogP contribution in [0.4, 0.5) is 5.00 Å². The molecule has 0 spiro atoms. The number of thiophene rings is 2. The Morgan fingerprint density at radius 2 is 1.82 bits per heavy atom. The summed E-state index contributed by atoms with van der Waals surface area (Å²) in [5.41, 5.74) is 1.74. The summed E-state index contributed by atoms with van der Waals surface area (Å²) in [6, 6.07) is 13.0. The molecule has 0 unspecified atom stereocenters. The number of para-hydroxylation sites is 1. The molecule has 1 N–H and O–H groups in total. The fraction of sp³-hybridized carbons (Fsp3) is 0.174. The average Bonchev–Trinajstić information content (AvgIpc) is 3.57. The van der Waals surface area contributed by atoms with Crippen LogP contribution in [0.25, 0.3) is 16.4 Å². The molecular formula is C23H20N4O5S2. The molecule has 3 heterocycles. The number of carbonyl (C=O) groups is 3. The second kappa shape index (κ2) is 9.98. The van der Waals surface area contributed by atoms with Gasteiger partial charge in [0, 0.05) is 4.88 Å². The molecule has 0 aliphatic heterocycles. The number of anilines is 1. The normalized spacial score (nSPS) is 10.7. The van der Waals surface area contributed by atoms with Gasteiger partial charge >= 0.3 is 11.9 Å². The SMILES string of the molecule is COC(=O)c1c(NC(=O)COC(=O)c2nc(-c3cccs3)n(-c3ccccc3)n2)sc(C)c1C. The van der Waals surface area contributed by atoms with Gasteiger partial charge in [0.15, 0.2) is 12.4 Å². The van der Waals surface area contributed by atoms with Gasteiger partial charge in [0.2, 0.25) is 0 Å². The van der Waals surface area contributed by atoms with Crippen molar-refractivity contribution >= 4 is 45.5 Å². The third-order valence-electron chi connectivity index (χ3n) is 4.89. The van der Waals surface area contributed by atoms with Crippen molar-refractivity contribution in [3.63, 3.8) is 0 Å². The number of carbonyl (C=O) groups excluding carboxylic acids is 3. The number of benzene rings is 1. The quantitative estimate of drug-likeness (QED) is 0.381. The summed E-state index contributed by atoms with van der Waals surface area (Å²) in [5, 5.41) is 9.17. The standard InChI is InChI=1S/C23H20N4O5S2/c1-13-14(2)34-21(18(13)22(29)31-3)24-17(28)12-32-23(30)19-25-20(16-10-7-11-33-16)27(26-19)15-8-5-4-6-9-15/h4-11H,12H2,1-3H3,(H,24,28). The minimum atomic E-state index is -0.839. The van der Waals surface area contributed by atoms with Crippen LogP contribution in [0, 0.1) is 13.8 Å². The van der Waals surface area contributed by atoms with E-state index in [2.05, 4.69) is 15.4 Å². The summed E-state index contributed by atoms with van der Waals surface area (Å²) in [4.78, 5) is 43.2. The lowest BCUT2D eigenvalue weighted by atomic mass is 10.1. The number of hydrogen-bond donors (Lipinski definition) is 1. The van der Waals surface area contributed by atoms with E-state index in [1.807, 2.05) is 54.8 Å². The summed E-state index contributed by atoms with van der Waals surface area (Å²) in [6.07, 6.45) is 0. The van der Waals surface area contributed by atoms with Crippen molar-refractivity contribution in [3.8, 4) is 16.4 Å². The van der Waals surface area contributed by atoms with Crippen LogP contribution in [0.3, 0.4) is 0 Å². The lowest BCUT2D eigenvalue weighted by Gasteiger charge is -2.06. The summed E-state index contributed by atoms with van der Waals surface area (Å²) in [6.45, 7) is 3.04. The Kier molecular flexibility index (Phi) is 6.85. The highest BCUT2D eigenvalue weighted by molar-refractivity contribution is 7.16. The van der Waals surface area contributed by atoms with Crippen molar-refractivity contribution in [2.45, 2.75) is 13.8 Å². The first-order chi connectivity index (χ1) is 16.4. The predicted octanol–water partition coefficient (Wildman–Crippen LogP) is 4.26. The third kappa shape index (κ3) is 4.75. The van der Waals surface area contributed by atoms with Crippen molar-refractivity contribution < 1.29 is 23.9 Å². The van der Waals surface area contributed by atoms with Gasteiger partial charge in [-0.3, -0.25) is 4.79 Å². The van der Waals surface area contributed by atoms with Crippen molar-refractivity contribution in [2.75, 3.05) is 19.0 Å². The monoisotopic (exact) mass is 496 g/mol. The Hall–Kier alpha value is -3.83. The highest BCUT2D eigenvalue weighted by Crippen LogP contribution is 2.33. The summed E-state index contributed by atoms with van der Waals surface area (Å²) in [7, 11) is 1.27. The summed E-state index contributed by atoms with van der Waals surface area (Å²) >= 11 is 2.71. The van der Waals surface area contributed by atoms with E-state index in [9.17, 15) is 14.4 Å². The smallest absolute Gasteiger partial charge is 0.378 e. The highest BCUT2D eigenvalue weighted by atomic mass is 32.1. The van der Waals surface area contributed by atoms with Crippen LogP contribution in [0.1, 0.15) is 31.4 Å². The Morgan fingerprint density at radius 3 is 2.50 bits per heavy atom. The molecule has 3 aromatic heterocycles. The minimum absolute atomic E-state index is 0.168. The molecule has 1 amide bonds. The first kappa shape index (κ1) is 23.3. The molecule has 0 aliphatic rings. The van der Waals surface area contributed by atoms with Gasteiger partial charge in [-0.15, -0.1) is 27.8 Å². The molecule has 0 radical (unpaired) electrons. The van der Waals surface area contributed by atoms with Gasteiger partial charge in [0.1, 0.15) is 5.00 Å². The molecular weight excluding hydrogens is 476 g/mol. The molecule has 174 valence electrons. The zero-order chi connectivity index (χ0) is 24.2. The van der Waals surface area contributed by atoms with Crippen molar-refractivity contribution in [3.05, 3.63) is 69.7 Å². The topological polar surface area (TPSA) is 112 Å². The number of aryl methyl sites for hydroxylation is 1. The number of hydrogen-bond acceptors (Lipinski definition) is 9. The summed E-state index contributed by atoms with van der Waals surface area (Å²) in [5.74, 6) is -1.66. The van der Waals surface area contributed by atoms with Crippen LogP contribution >= 0.6 is 22.7 Å². The van der Waals surface area contributed by atoms with Gasteiger partial charge in [-0.25, -0.2) is 14.3 Å². The molecule has 9 nitrogen and oxygen atoms in total. The van der Waals surface area contributed by atoms with Crippen LogP contribution in [-0.4, -0.2) is 46.3 Å². The van der Waals surface area contributed by atoms with Crippen molar-refractivity contribution in [1.29, 1.82) is 0 Å². The zero-order valence-electron chi connectivity index (χ0n) is 18.5. The lowest BCUT2D eigenvalue weighted by Crippen LogP contribution is -2.22. The molecule has 34 heavy (non-hydrogen) atoms. The van der Waals surface area contributed by atoms with E-state index in [0.717, 1.165) is 21.0 Å². The minimum Gasteiger partial charge on any atom is -0.465 e. The van der Waals surface area contributed by atoms with Crippen molar-refractivity contribution in [1.82, 2.24) is 14.8 Å².